The van der Waals surface area contributed by atoms with Crippen molar-refractivity contribution in [3.63, 3.8) is 0 Å². The molecular formula is C14H21NO2. The predicted octanol–water partition coefficient (Wildman–Crippen LogP) is 3.30. The maximum absolute atomic E-state index is 11.6. The zero-order chi connectivity index (χ0) is 12.8. The molecule has 0 atom stereocenters. The zero-order valence-electron chi connectivity index (χ0n) is 11.1. The molecule has 0 saturated carbocycles. The van der Waals surface area contributed by atoms with E-state index in [1.807, 2.05) is 26.0 Å². The number of carbonyl (C=O) groups is 1. The summed E-state index contributed by atoms with van der Waals surface area (Å²) in [7, 11) is 1.41. The minimum Gasteiger partial charge on any atom is -0.465 e. The topological polar surface area (TPSA) is 38.3 Å². The maximum atomic E-state index is 11.6. The van der Waals surface area contributed by atoms with E-state index < -0.39 is 0 Å². The van der Waals surface area contributed by atoms with Gasteiger partial charge in [-0.2, -0.15) is 0 Å². The number of unbranched alkanes of at least 4 members (excludes halogenated alkanes) is 1. The van der Waals surface area contributed by atoms with E-state index in [1.165, 1.54) is 7.11 Å². The Morgan fingerprint density at radius 1 is 1.29 bits per heavy atom. The van der Waals surface area contributed by atoms with Gasteiger partial charge < -0.3 is 10.1 Å². The van der Waals surface area contributed by atoms with E-state index >= 15 is 0 Å². The fraction of sp³-hybridized carbons (Fsp3) is 0.500. The van der Waals surface area contributed by atoms with Crippen molar-refractivity contribution >= 4 is 11.7 Å². The summed E-state index contributed by atoms with van der Waals surface area (Å²) in [6.07, 6.45) is 2.28. The van der Waals surface area contributed by atoms with Gasteiger partial charge in [0.1, 0.15) is 0 Å². The van der Waals surface area contributed by atoms with Gasteiger partial charge in [0, 0.05) is 12.2 Å². The first-order valence-electron chi connectivity index (χ1n) is 6.03. The van der Waals surface area contributed by atoms with E-state index in [4.69, 9.17) is 4.74 Å². The molecule has 0 aliphatic heterocycles. The number of aryl methyl sites for hydroxylation is 2. The Bertz CT molecular complexity index is 399. The predicted molar refractivity (Wildman–Crippen MR) is 70.7 cm³/mol. The van der Waals surface area contributed by atoms with Crippen LogP contribution in [-0.4, -0.2) is 19.6 Å². The van der Waals surface area contributed by atoms with Gasteiger partial charge >= 0.3 is 5.97 Å². The van der Waals surface area contributed by atoms with Crippen LogP contribution in [0.1, 0.15) is 41.3 Å². The second-order valence-corrected chi connectivity index (χ2v) is 4.25. The molecule has 0 heterocycles. The normalized spacial score (nSPS) is 10.1. The van der Waals surface area contributed by atoms with Crippen molar-refractivity contribution in [3.05, 3.63) is 28.8 Å². The minimum absolute atomic E-state index is 0.277. The van der Waals surface area contributed by atoms with Gasteiger partial charge in [0.25, 0.3) is 0 Å². The number of carbonyl (C=O) groups excluding carboxylic acids is 1. The minimum atomic E-state index is -0.277. The van der Waals surface area contributed by atoms with Crippen molar-refractivity contribution in [3.8, 4) is 0 Å². The molecule has 0 aliphatic carbocycles. The van der Waals surface area contributed by atoms with Crippen LogP contribution in [0.4, 0.5) is 5.69 Å². The molecule has 0 fully saturated rings. The number of anilines is 1. The van der Waals surface area contributed by atoms with Crippen LogP contribution in [-0.2, 0) is 4.74 Å². The molecule has 0 spiro atoms. The Labute approximate surface area is 103 Å². The number of benzene rings is 1. The lowest BCUT2D eigenvalue weighted by Crippen LogP contribution is -2.08. The summed E-state index contributed by atoms with van der Waals surface area (Å²) in [5.74, 6) is -0.277. The fourth-order valence-electron chi connectivity index (χ4n) is 1.77. The average Bonchev–Trinajstić information content (AvgIpc) is 2.31. The highest BCUT2D eigenvalue weighted by Gasteiger charge is 2.11. The standard InChI is InChI=1S/C14H21NO2/c1-5-6-7-15-13-9-12(14(16)17-4)10(2)8-11(13)3/h8-9,15H,5-7H2,1-4H3. The molecule has 94 valence electrons. The molecule has 0 unspecified atom stereocenters. The van der Waals surface area contributed by atoms with Crippen LogP contribution in [0.15, 0.2) is 12.1 Å². The van der Waals surface area contributed by atoms with Gasteiger partial charge in [0.05, 0.1) is 12.7 Å². The number of nitrogens with one attached hydrogen (secondary N) is 1. The SMILES string of the molecule is CCCCNc1cc(C(=O)OC)c(C)cc1C. The summed E-state index contributed by atoms with van der Waals surface area (Å²) in [5, 5.41) is 3.35. The molecule has 0 aromatic heterocycles. The summed E-state index contributed by atoms with van der Waals surface area (Å²) in [4.78, 5) is 11.6. The summed E-state index contributed by atoms with van der Waals surface area (Å²) < 4.78 is 4.77. The van der Waals surface area contributed by atoms with Crippen LogP contribution in [0, 0.1) is 13.8 Å². The quantitative estimate of drug-likeness (QED) is 0.628. The van der Waals surface area contributed by atoms with Crippen LogP contribution < -0.4 is 5.32 Å². The first-order valence-corrected chi connectivity index (χ1v) is 6.03. The van der Waals surface area contributed by atoms with E-state index in [0.717, 1.165) is 36.2 Å². The molecule has 0 radical (unpaired) electrons. The highest BCUT2D eigenvalue weighted by molar-refractivity contribution is 5.92. The van der Waals surface area contributed by atoms with Crippen molar-refractivity contribution in [2.24, 2.45) is 0 Å². The fourth-order valence-corrected chi connectivity index (χ4v) is 1.77. The Kier molecular flexibility index (Phi) is 5.01. The van der Waals surface area contributed by atoms with Crippen LogP contribution in [0.2, 0.25) is 0 Å². The van der Waals surface area contributed by atoms with Gasteiger partial charge in [-0.1, -0.05) is 19.4 Å². The molecule has 3 nitrogen and oxygen atoms in total. The van der Waals surface area contributed by atoms with Crippen molar-refractivity contribution in [1.82, 2.24) is 0 Å². The molecule has 1 aromatic rings. The highest BCUT2D eigenvalue weighted by atomic mass is 16.5. The van der Waals surface area contributed by atoms with E-state index in [0.29, 0.717) is 5.56 Å². The summed E-state index contributed by atoms with van der Waals surface area (Å²) >= 11 is 0. The van der Waals surface area contributed by atoms with Crippen molar-refractivity contribution in [2.75, 3.05) is 19.0 Å². The van der Waals surface area contributed by atoms with Crippen LogP contribution in [0.5, 0.6) is 0 Å². The van der Waals surface area contributed by atoms with E-state index in [9.17, 15) is 4.79 Å². The summed E-state index contributed by atoms with van der Waals surface area (Å²) in [6.45, 7) is 7.06. The van der Waals surface area contributed by atoms with Crippen LogP contribution >= 0.6 is 0 Å². The van der Waals surface area contributed by atoms with Crippen LogP contribution in [0.25, 0.3) is 0 Å². The Morgan fingerprint density at radius 3 is 2.59 bits per heavy atom. The van der Waals surface area contributed by atoms with Crippen molar-refractivity contribution in [1.29, 1.82) is 0 Å². The van der Waals surface area contributed by atoms with E-state index in [-0.39, 0.29) is 5.97 Å². The molecule has 17 heavy (non-hydrogen) atoms. The van der Waals surface area contributed by atoms with E-state index in [1.54, 1.807) is 0 Å². The number of hydrogen-bond donors (Lipinski definition) is 1. The van der Waals surface area contributed by atoms with Gasteiger partial charge in [-0.25, -0.2) is 4.79 Å². The van der Waals surface area contributed by atoms with E-state index in [2.05, 4.69) is 12.2 Å². The van der Waals surface area contributed by atoms with Gasteiger partial charge in [-0.3, -0.25) is 0 Å². The lowest BCUT2D eigenvalue weighted by Gasteiger charge is -2.12. The molecule has 1 aromatic carbocycles. The third kappa shape index (κ3) is 3.48. The third-order valence-electron chi connectivity index (χ3n) is 2.82. The second-order valence-electron chi connectivity index (χ2n) is 4.25. The monoisotopic (exact) mass is 235 g/mol. The first-order chi connectivity index (χ1) is 8.10. The number of ether oxygens (including phenoxy) is 1. The maximum Gasteiger partial charge on any atom is 0.338 e. The molecule has 0 saturated heterocycles. The molecule has 0 bridgehead atoms. The first kappa shape index (κ1) is 13.6. The van der Waals surface area contributed by atoms with Gasteiger partial charge in [0.15, 0.2) is 0 Å². The molecular weight excluding hydrogens is 214 g/mol. The number of rotatable bonds is 5. The molecule has 1 N–H and O–H groups in total. The van der Waals surface area contributed by atoms with Crippen LogP contribution in [0.3, 0.4) is 0 Å². The lowest BCUT2D eigenvalue weighted by molar-refractivity contribution is 0.0600. The summed E-state index contributed by atoms with van der Waals surface area (Å²) in [5.41, 5.74) is 3.77. The van der Waals surface area contributed by atoms with Crippen molar-refractivity contribution < 1.29 is 9.53 Å². The van der Waals surface area contributed by atoms with Crippen molar-refractivity contribution in [2.45, 2.75) is 33.6 Å². The van der Waals surface area contributed by atoms with Gasteiger partial charge in [0.2, 0.25) is 0 Å². The molecule has 0 aliphatic rings. The molecule has 1 rings (SSSR count). The summed E-state index contributed by atoms with van der Waals surface area (Å²) in [6, 6.07) is 3.90. The van der Waals surface area contributed by atoms with Gasteiger partial charge in [-0.05, 0) is 37.5 Å². The Morgan fingerprint density at radius 2 is 2.00 bits per heavy atom. The Balaban J connectivity index is 2.93. The number of hydrogen-bond acceptors (Lipinski definition) is 3. The Hall–Kier alpha value is -1.51. The smallest absolute Gasteiger partial charge is 0.338 e. The van der Waals surface area contributed by atoms with Gasteiger partial charge in [-0.15, -0.1) is 0 Å². The third-order valence-corrected chi connectivity index (χ3v) is 2.82. The average molecular weight is 235 g/mol. The number of methoxy groups -OCH3 is 1. The zero-order valence-corrected chi connectivity index (χ0v) is 11.1. The highest BCUT2D eigenvalue weighted by Crippen LogP contribution is 2.21. The largest absolute Gasteiger partial charge is 0.465 e. The number of esters is 1. The second kappa shape index (κ2) is 6.28. The molecule has 0 amide bonds. The molecule has 3 heteroatoms. The lowest BCUT2D eigenvalue weighted by atomic mass is 10.0.